The Hall–Kier alpha value is -4.81. The zero-order valence-electron chi connectivity index (χ0n) is 17.4. The van der Waals surface area contributed by atoms with Crippen molar-refractivity contribution in [2.45, 2.75) is 0 Å². The molecule has 0 aliphatic rings. The maximum absolute atomic E-state index is 12.5. The summed E-state index contributed by atoms with van der Waals surface area (Å²) in [4.78, 5) is 27.5. The van der Waals surface area contributed by atoms with E-state index in [4.69, 9.17) is 4.42 Å². The highest BCUT2D eigenvalue weighted by atomic mass is 32.1. The second-order valence-electron chi connectivity index (χ2n) is 7.34. The number of hydrogen-bond donors (Lipinski definition) is 1. The van der Waals surface area contributed by atoms with Crippen molar-refractivity contribution in [1.82, 2.24) is 4.98 Å². The summed E-state index contributed by atoms with van der Waals surface area (Å²) in [6.45, 7) is 0. The van der Waals surface area contributed by atoms with E-state index in [-0.39, 0.29) is 16.8 Å². The molecule has 0 atom stereocenters. The monoisotopic (exact) mass is 466 g/mol. The van der Waals surface area contributed by atoms with Gasteiger partial charge in [-0.25, -0.2) is 9.78 Å². The summed E-state index contributed by atoms with van der Waals surface area (Å²) >= 11 is 1.21. The first-order valence-corrected chi connectivity index (χ1v) is 10.9. The van der Waals surface area contributed by atoms with E-state index in [2.05, 4.69) is 16.4 Å². The van der Waals surface area contributed by atoms with Crippen molar-refractivity contribution in [2.75, 3.05) is 5.32 Å². The molecule has 0 saturated carbocycles. The molecule has 0 unspecified atom stereocenters. The van der Waals surface area contributed by atoms with Gasteiger partial charge in [0.2, 0.25) is 0 Å². The normalized spacial score (nSPS) is 11.4. The molecule has 2 aromatic heterocycles. The van der Waals surface area contributed by atoms with Crippen molar-refractivity contribution in [3.05, 3.63) is 104 Å². The largest absolute Gasteiger partial charge is 0.422 e. The van der Waals surface area contributed by atoms with Crippen molar-refractivity contribution in [3.63, 3.8) is 0 Å². The van der Waals surface area contributed by atoms with Crippen LogP contribution < -0.4 is 10.9 Å². The molecule has 3 aromatic carbocycles. The Morgan fingerprint density at radius 2 is 1.91 bits per heavy atom. The third kappa shape index (κ3) is 4.01. The number of fused-ring (bicyclic) bond motifs is 2. The van der Waals surface area contributed by atoms with Gasteiger partial charge in [0.1, 0.15) is 22.2 Å². The Bertz CT molecular complexity index is 1710. The first kappa shape index (κ1) is 21.1. The summed E-state index contributed by atoms with van der Waals surface area (Å²) in [5.41, 5.74) is 1.12. The molecule has 0 amide bonds. The Balaban J connectivity index is 1.46. The molecule has 2 heterocycles. The summed E-state index contributed by atoms with van der Waals surface area (Å²) < 4.78 is 5.31. The fourth-order valence-electron chi connectivity index (χ4n) is 3.50. The number of allylic oxidation sites excluding steroid dienone is 1. The van der Waals surface area contributed by atoms with E-state index in [0.29, 0.717) is 21.7 Å². The maximum atomic E-state index is 12.5. The second-order valence-corrected chi connectivity index (χ2v) is 8.20. The molecule has 5 rings (SSSR count). The number of rotatable bonds is 5. The molecule has 164 valence electrons. The number of hydrogen-bond acceptors (Lipinski definition) is 8. The number of nitrogens with zero attached hydrogens (tertiary/aromatic N) is 3. The Kier molecular flexibility index (Phi) is 5.33. The van der Waals surface area contributed by atoms with Crippen LogP contribution in [0.4, 0.5) is 11.4 Å². The predicted octanol–water partition coefficient (Wildman–Crippen LogP) is 5.95. The minimum atomic E-state index is -0.616. The topological polar surface area (TPSA) is 122 Å². The van der Waals surface area contributed by atoms with Gasteiger partial charge in [-0.15, -0.1) is 11.3 Å². The number of benzene rings is 3. The third-order valence-electron chi connectivity index (χ3n) is 5.19. The molecule has 8 nitrogen and oxygen atoms in total. The molecule has 0 saturated heterocycles. The van der Waals surface area contributed by atoms with E-state index >= 15 is 0 Å². The van der Waals surface area contributed by atoms with Crippen LogP contribution in [-0.4, -0.2) is 9.91 Å². The molecule has 5 aromatic rings. The first-order chi connectivity index (χ1) is 16.5. The summed E-state index contributed by atoms with van der Waals surface area (Å²) in [6.07, 6.45) is 1.57. The predicted molar refractivity (Wildman–Crippen MR) is 131 cm³/mol. The zero-order chi connectivity index (χ0) is 23.7. The quantitative estimate of drug-likeness (QED) is 0.147. The molecule has 0 radical (unpaired) electrons. The lowest BCUT2D eigenvalue weighted by Gasteiger charge is -2.04. The molecular formula is C25H14N4O4S. The maximum Gasteiger partial charge on any atom is 0.345 e. The van der Waals surface area contributed by atoms with Crippen LogP contribution in [0, 0.1) is 21.4 Å². The lowest BCUT2D eigenvalue weighted by molar-refractivity contribution is -0.384. The minimum absolute atomic E-state index is 0.110. The van der Waals surface area contributed by atoms with Gasteiger partial charge in [0.05, 0.1) is 16.2 Å². The number of thiazole rings is 1. The standard InChI is InChI=1S/C25H14N4O4S/c26-12-18(13-27-19-6-5-15-3-1-2-4-16(15)9-19)24-28-22(14-34-24)21-11-17-10-20(29(31)32)7-8-23(17)33-25(21)30/h1-11,13-14,27H/b18-13+. The number of aromatic nitrogens is 1. The molecule has 0 aliphatic heterocycles. The third-order valence-corrected chi connectivity index (χ3v) is 6.07. The van der Waals surface area contributed by atoms with Gasteiger partial charge in [-0.05, 0) is 35.0 Å². The average molecular weight is 466 g/mol. The van der Waals surface area contributed by atoms with Gasteiger partial charge in [0.25, 0.3) is 5.69 Å². The van der Waals surface area contributed by atoms with Crippen LogP contribution in [0.3, 0.4) is 0 Å². The van der Waals surface area contributed by atoms with Crippen molar-refractivity contribution in [1.29, 1.82) is 5.26 Å². The van der Waals surface area contributed by atoms with Crippen LogP contribution >= 0.6 is 11.3 Å². The lowest BCUT2D eigenvalue weighted by Crippen LogP contribution is -2.03. The van der Waals surface area contributed by atoms with Gasteiger partial charge in [0.15, 0.2) is 0 Å². The van der Waals surface area contributed by atoms with Gasteiger partial charge >= 0.3 is 5.63 Å². The Morgan fingerprint density at radius 1 is 1.09 bits per heavy atom. The van der Waals surface area contributed by atoms with Crippen LogP contribution in [0.25, 0.3) is 38.6 Å². The second kappa shape index (κ2) is 8.61. The summed E-state index contributed by atoms with van der Waals surface area (Å²) in [5.74, 6) is 0. The average Bonchev–Trinajstić information content (AvgIpc) is 3.33. The van der Waals surface area contributed by atoms with E-state index in [9.17, 15) is 20.2 Å². The van der Waals surface area contributed by atoms with Crippen LogP contribution in [0.15, 0.2) is 87.5 Å². The highest BCUT2D eigenvalue weighted by molar-refractivity contribution is 7.11. The van der Waals surface area contributed by atoms with Crippen molar-refractivity contribution in [3.8, 4) is 17.3 Å². The number of nitrogens with one attached hydrogen (secondary N) is 1. The smallest absolute Gasteiger partial charge is 0.345 e. The number of nitriles is 1. The van der Waals surface area contributed by atoms with Gasteiger partial charge in [-0.1, -0.05) is 30.3 Å². The summed E-state index contributed by atoms with van der Waals surface area (Å²) in [6, 6.07) is 21.5. The van der Waals surface area contributed by atoms with Crippen LogP contribution in [0.1, 0.15) is 5.01 Å². The summed E-state index contributed by atoms with van der Waals surface area (Å²) in [5, 5.41) is 28.5. The fourth-order valence-corrected chi connectivity index (χ4v) is 4.29. The SMILES string of the molecule is N#C/C(=C\Nc1ccc2ccccc2c1)c1nc(-c2cc3cc([N+](=O)[O-])ccc3oc2=O)cs1. The summed E-state index contributed by atoms with van der Waals surface area (Å²) in [7, 11) is 0. The van der Waals surface area contributed by atoms with Crippen LogP contribution in [0.5, 0.6) is 0 Å². The van der Waals surface area contributed by atoms with E-state index < -0.39 is 10.5 Å². The van der Waals surface area contributed by atoms with E-state index in [1.54, 1.807) is 11.6 Å². The number of nitro benzene ring substituents is 1. The Labute approximate surface area is 196 Å². The molecule has 0 fully saturated rings. The van der Waals surface area contributed by atoms with E-state index in [0.717, 1.165) is 16.5 Å². The molecule has 34 heavy (non-hydrogen) atoms. The van der Waals surface area contributed by atoms with Crippen molar-refractivity contribution < 1.29 is 9.34 Å². The first-order valence-electron chi connectivity index (χ1n) is 10.1. The highest BCUT2D eigenvalue weighted by Gasteiger charge is 2.15. The molecular weight excluding hydrogens is 452 g/mol. The van der Waals surface area contributed by atoms with Crippen LogP contribution in [-0.2, 0) is 0 Å². The highest BCUT2D eigenvalue weighted by Crippen LogP contribution is 2.28. The van der Waals surface area contributed by atoms with E-state index in [1.165, 1.54) is 35.6 Å². The van der Waals surface area contributed by atoms with Gasteiger partial charge < -0.3 is 9.73 Å². The number of non-ortho nitro benzene ring substituents is 1. The molecule has 0 aliphatic carbocycles. The number of anilines is 1. The lowest BCUT2D eigenvalue weighted by atomic mass is 10.1. The minimum Gasteiger partial charge on any atom is -0.422 e. The molecule has 9 heteroatoms. The van der Waals surface area contributed by atoms with Crippen LogP contribution in [0.2, 0.25) is 0 Å². The number of nitro groups is 1. The van der Waals surface area contributed by atoms with Gasteiger partial charge in [-0.3, -0.25) is 10.1 Å². The van der Waals surface area contributed by atoms with Crippen molar-refractivity contribution >= 4 is 50.0 Å². The van der Waals surface area contributed by atoms with E-state index in [1.807, 2.05) is 42.5 Å². The Morgan fingerprint density at radius 3 is 2.71 bits per heavy atom. The fraction of sp³-hybridized carbons (Fsp3) is 0. The zero-order valence-corrected chi connectivity index (χ0v) is 18.2. The van der Waals surface area contributed by atoms with Gasteiger partial charge in [0, 0.05) is 34.8 Å². The molecule has 1 N–H and O–H groups in total. The van der Waals surface area contributed by atoms with Crippen molar-refractivity contribution in [2.24, 2.45) is 0 Å². The molecule has 0 spiro atoms. The molecule has 0 bridgehead atoms. The van der Waals surface area contributed by atoms with Gasteiger partial charge in [-0.2, -0.15) is 5.26 Å².